The monoisotopic (exact) mass is 325 g/mol. The molecule has 0 unspecified atom stereocenters. The molecule has 2 N–H and O–H groups in total. The van der Waals surface area contributed by atoms with E-state index >= 15 is 0 Å². The highest BCUT2D eigenvalue weighted by Gasteiger charge is 2.14. The van der Waals surface area contributed by atoms with Gasteiger partial charge in [-0.2, -0.15) is 0 Å². The van der Waals surface area contributed by atoms with Gasteiger partial charge in [0, 0.05) is 11.5 Å². The lowest BCUT2D eigenvalue weighted by Crippen LogP contribution is -2.12. The highest BCUT2D eigenvalue weighted by atomic mass is 16.5. The Labute approximate surface area is 137 Å². The van der Waals surface area contributed by atoms with E-state index in [1.807, 2.05) is 0 Å². The van der Waals surface area contributed by atoms with Crippen LogP contribution in [0, 0.1) is 0 Å². The third-order valence-corrected chi connectivity index (χ3v) is 3.69. The van der Waals surface area contributed by atoms with Crippen LogP contribution in [0.1, 0.15) is 10.4 Å². The topological polar surface area (TPSA) is 91.8 Å². The molecule has 2 aromatic carbocycles. The Kier molecular flexibility index (Phi) is 3.95. The Bertz CT molecular complexity index is 968. The van der Waals surface area contributed by atoms with Crippen molar-refractivity contribution in [1.29, 1.82) is 0 Å². The predicted molar refractivity (Wildman–Crippen MR) is 89.5 cm³/mol. The van der Waals surface area contributed by atoms with Crippen LogP contribution in [0.15, 0.2) is 51.7 Å². The Morgan fingerprint density at radius 2 is 1.71 bits per heavy atom. The summed E-state index contributed by atoms with van der Waals surface area (Å²) in [6, 6.07) is 11.7. The summed E-state index contributed by atoms with van der Waals surface area (Å²) in [5.41, 5.74) is 6.01. The molecule has 0 fully saturated rings. The van der Waals surface area contributed by atoms with Crippen LogP contribution in [0.3, 0.4) is 0 Å². The molecule has 0 bridgehead atoms. The molecule has 0 spiro atoms. The first-order valence-electron chi connectivity index (χ1n) is 7.13. The zero-order valence-electron chi connectivity index (χ0n) is 13.2. The number of ether oxygens (including phenoxy) is 2. The average molecular weight is 325 g/mol. The summed E-state index contributed by atoms with van der Waals surface area (Å²) in [6.07, 6.45) is 0. The van der Waals surface area contributed by atoms with E-state index in [-0.39, 0.29) is 11.1 Å². The molecule has 0 aliphatic heterocycles. The van der Waals surface area contributed by atoms with Crippen molar-refractivity contribution in [2.24, 2.45) is 5.73 Å². The molecule has 3 aromatic rings. The quantitative estimate of drug-likeness (QED) is 0.744. The van der Waals surface area contributed by atoms with E-state index in [1.165, 1.54) is 20.3 Å². The lowest BCUT2D eigenvalue weighted by atomic mass is 10.0. The van der Waals surface area contributed by atoms with E-state index < -0.39 is 11.5 Å². The Balaban J connectivity index is 2.26. The van der Waals surface area contributed by atoms with Gasteiger partial charge >= 0.3 is 5.63 Å². The summed E-state index contributed by atoms with van der Waals surface area (Å²) in [4.78, 5) is 23.9. The second kappa shape index (κ2) is 6.08. The van der Waals surface area contributed by atoms with Gasteiger partial charge in [-0.1, -0.05) is 12.1 Å². The van der Waals surface area contributed by atoms with Crippen LogP contribution < -0.4 is 20.8 Å². The minimum atomic E-state index is -0.653. The number of methoxy groups -OCH3 is 2. The summed E-state index contributed by atoms with van der Waals surface area (Å²) in [7, 11) is 3.06. The number of rotatable bonds is 4. The van der Waals surface area contributed by atoms with E-state index in [2.05, 4.69) is 0 Å². The molecule has 1 aromatic heterocycles. The van der Waals surface area contributed by atoms with Crippen molar-refractivity contribution in [2.75, 3.05) is 14.2 Å². The molecular weight excluding hydrogens is 310 g/mol. The van der Waals surface area contributed by atoms with Crippen LogP contribution in [-0.2, 0) is 0 Å². The summed E-state index contributed by atoms with van der Waals surface area (Å²) in [6.45, 7) is 0. The van der Waals surface area contributed by atoms with Crippen LogP contribution in [0.2, 0.25) is 0 Å². The lowest BCUT2D eigenvalue weighted by Gasteiger charge is -2.09. The van der Waals surface area contributed by atoms with E-state index in [4.69, 9.17) is 19.6 Å². The van der Waals surface area contributed by atoms with Gasteiger partial charge in [0.05, 0.1) is 25.3 Å². The number of fused-ring (bicyclic) bond motifs is 1. The minimum absolute atomic E-state index is 0.166. The molecule has 6 nitrogen and oxygen atoms in total. The first-order chi connectivity index (χ1) is 11.5. The van der Waals surface area contributed by atoms with Crippen molar-refractivity contribution in [3.63, 3.8) is 0 Å². The molecule has 0 saturated heterocycles. The molecule has 0 atom stereocenters. The molecule has 3 rings (SSSR count). The summed E-state index contributed by atoms with van der Waals surface area (Å²) >= 11 is 0. The van der Waals surface area contributed by atoms with Crippen LogP contribution >= 0.6 is 0 Å². The van der Waals surface area contributed by atoms with E-state index in [0.29, 0.717) is 28.0 Å². The van der Waals surface area contributed by atoms with Crippen LogP contribution in [-0.4, -0.2) is 20.1 Å². The van der Waals surface area contributed by atoms with Crippen LogP contribution in [0.4, 0.5) is 0 Å². The molecule has 1 amide bonds. The summed E-state index contributed by atoms with van der Waals surface area (Å²) in [5.74, 6) is 0.448. The second-order valence-corrected chi connectivity index (χ2v) is 5.14. The number of amides is 1. The number of benzene rings is 2. The molecule has 0 aliphatic rings. The fraction of sp³-hybridized carbons (Fsp3) is 0.111. The van der Waals surface area contributed by atoms with Crippen LogP contribution in [0.25, 0.3) is 22.1 Å². The Morgan fingerprint density at radius 1 is 1.04 bits per heavy atom. The summed E-state index contributed by atoms with van der Waals surface area (Å²) in [5, 5.41) is 0.600. The van der Waals surface area contributed by atoms with Gasteiger partial charge in [0.15, 0.2) is 5.58 Å². The molecule has 0 saturated carbocycles. The van der Waals surface area contributed by atoms with E-state index in [1.54, 1.807) is 36.4 Å². The largest absolute Gasteiger partial charge is 0.497 e. The number of para-hydroxylation sites is 1. The maximum atomic E-state index is 12.4. The van der Waals surface area contributed by atoms with Crippen molar-refractivity contribution >= 4 is 16.9 Å². The minimum Gasteiger partial charge on any atom is -0.497 e. The zero-order valence-corrected chi connectivity index (χ0v) is 13.2. The Morgan fingerprint density at radius 3 is 2.29 bits per heavy atom. The van der Waals surface area contributed by atoms with Gasteiger partial charge in [0.2, 0.25) is 0 Å². The first-order valence-corrected chi connectivity index (χ1v) is 7.13. The highest BCUT2D eigenvalue weighted by molar-refractivity contribution is 6.04. The lowest BCUT2D eigenvalue weighted by molar-refractivity contribution is 0.100. The van der Waals surface area contributed by atoms with Gasteiger partial charge in [-0.05, 0) is 29.8 Å². The Hall–Kier alpha value is -3.28. The number of hydrogen-bond acceptors (Lipinski definition) is 5. The molecule has 6 heteroatoms. The van der Waals surface area contributed by atoms with Gasteiger partial charge in [0.25, 0.3) is 5.91 Å². The van der Waals surface area contributed by atoms with Crippen molar-refractivity contribution in [3.8, 4) is 22.6 Å². The van der Waals surface area contributed by atoms with Gasteiger partial charge in [-0.25, -0.2) is 4.79 Å². The molecule has 0 radical (unpaired) electrons. The number of nitrogens with two attached hydrogens (primary N) is 1. The van der Waals surface area contributed by atoms with Crippen LogP contribution in [0.5, 0.6) is 11.5 Å². The fourth-order valence-corrected chi connectivity index (χ4v) is 2.50. The van der Waals surface area contributed by atoms with Crippen molar-refractivity contribution in [1.82, 2.24) is 0 Å². The molecule has 24 heavy (non-hydrogen) atoms. The van der Waals surface area contributed by atoms with Gasteiger partial charge < -0.3 is 19.6 Å². The number of hydrogen-bond donors (Lipinski definition) is 1. The predicted octanol–water partition coefficient (Wildman–Crippen LogP) is 2.58. The number of carbonyl (C=O) groups is 1. The fourth-order valence-electron chi connectivity index (χ4n) is 2.50. The zero-order chi connectivity index (χ0) is 17.3. The second-order valence-electron chi connectivity index (χ2n) is 5.14. The number of primary amides is 1. The van der Waals surface area contributed by atoms with E-state index in [0.717, 1.165) is 0 Å². The average Bonchev–Trinajstić information content (AvgIpc) is 2.59. The molecule has 122 valence electrons. The van der Waals surface area contributed by atoms with Gasteiger partial charge in [-0.15, -0.1) is 0 Å². The normalized spacial score (nSPS) is 10.6. The third kappa shape index (κ3) is 2.69. The summed E-state index contributed by atoms with van der Waals surface area (Å²) < 4.78 is 15.8. The maximum absolute atomic E-state index is 12.4. The van der Waals surface area contributed by atoms with Gasteiger partial charge in [-0.3, -0.25) is 4.79 Å². The molecule has 1 heterocycles. The van der Waals surface area contributed by atoms with Crippen molar-refractivity contribution in [3.05, 3.63) is 58.4 Å². The smallest absolute Gasteiger partial charge is 0.344 e. The molecule has 0 aliphatic carbocycles. The SMILES string of the molecule is COc1cc(OC)cc(-c2cc3cccc(C(N)=O)c3oc2=O)c1. The standard InChI is InChI=1S/C18H15NO5/c1-22-12-6-11(7-13(9-12)23-2)15-8-10-4-3-5-14(17(19)20)16(10)24-18(15)21/h3-9H,1-2H3,(H2,19,20). The van der Waals surface area contributed by atoms with Gasteiger partial charge in [0.1, 0.15) is 11.5 Å². The van der Waals surface area contributed by atoms with E-state index in [9.17, 15) is 9.59 Å². The van der Waals surface area contributed by atoms with Crippen molar-refractivity contribution in [2.45, 2.75) is 0 Å². The first kappa shape index (κ1) is 15.6. The third-order valence-electron chi connectivity index (χ3n) is 3.69. The highest BCUT2D eigenvalue weighted by Crippen LogP contribution is 2.30. The van der Waals surface area contributed by atoms with Crippen molar-refractivity contribution < 1.29 is 18.7 Å². The number of carbonyl (C=O) groups excluding carboxylic acids is 1. The maximum Gasteiger partial charge on any atom is 0.344 e. The molecular formula is C18H15NO5.